The van der Waals surface area contributed by atoms with E-state index in [4.69, 9.17) is 5.84 Å². The second-order valence-corrected chi connectivity index (χ2v) is 8.06. The molecule has 142 valence electrons. The molecule has 0 aromatic carbocycles. The molecule has 2 heterocycles. The van der Waals surface area contributed by atoms with Crippen molar-refractivity contribution in [2.75, 3.05) is 23.3 Å². The highest BCUT2D eigenvalue weighted by molar-refractivity contribution is 5.99. The number of hydrazone groups is 1. The van der Waals surface area contributed by atoms with Gasteiger partial charge in [-0.05, 0) is 68.9 Å². The van der Waals surface area contributed by atoms with E-state index in [1.165, 1.54) is 44.9 Å². The molecule has 1 saturated heterocycles. The maximum atomic E-state index is 5.29. The Balaban J connectivity index is 1.54. The van der Waals surface area contributed by atoms with Gasteiger partial charge >= 0.3 is 0 Å². The molecule has 1 spiro atoms. The van der Waals surface area contributed by atoms with Crippen molar-refractivity contribution in [3.63, 3.8) is 0 Å². The number of nitrogens with one attached hydrogen (secondary N) is 1. The molecular formula is C21H33N5. The highest BCUT2D eigenvalue weighted by atomic mass is 15.2. The van der Waals surface area contributed by atoms with Gasteiger partial charge in [0, 0.05) is 13.1 Å². The summed E-state index contributed by atoms with van der Waals surface area (Å²) in [5, 5.41) is 6.85. The smallest absolute Gasteiger partial charge is 0.128 e. The third-order valence-corrected chi connectivity index (χ3v) is 6.56. The van der Waals surface area contributed by atoms with E-state index in [1.54, 1.807) is 0 Å². The summed E-state index contributed by atoms with van der Waals surface area (Å²) in [6.07, 6.45) is 11.6. The lowest BCUT2D eigenvalue weighted by atomic mass is 9.65. The van der Waals surface area contributed by atoms with Crippen LogP contribution in [-0.2, 0) is 0 Å². The number of pyridine rings is 1. The Kier molecular flexibility index (Phi) is 5.84. The standard InChI is InChI=1S/C21H33N5/c1-4-18-7-9-21(10-8-18)11-13-26(14-12-21)20-6-5-19(15-23-20)24-16(2)17(3)25-22/h5-6,15,18,24H,2,4,7-14,22H2,1,3H3/b25-17+. The zero-order chi connectivity index (χ0) is 18.6. The molecule has 1 aliphatic heterocycles. The van der Waals surface area contributed by atoms with Crippen molar-refractivity contribution in [2.45, 2.75) is 58.8 Å². The fourth-order valence-electron chi connectivity index (χ4n) is 4.40. The summed E-state index contributed by atoms with van der Waals surface area (Å²) >= 11 is 0. The quantitative estimate of drug-likeness (QED) is 0.463. The van der Waals surface area contributed by atoms with Gasteiger partial charge in [0.25, 0.3) is 0 Å². The van der Waals surface area contributed by atoms with Gasteiger partial charge < -0.3 is 16.1 Å². The summed E-state index contributed by atoms with van der Waals surface area (Å²) in [6, 6.07) is 4.14. The molecule has 0 atom stereocenters. The van der Waals surface area contributed by atoms with Gasteiger partial charge in [-0.1, -0.05) is 19.9 Å². The van der Waals surface area contributed by atoms with Crippen molar-refractivity contribution < 1.29 is 0 Å². The van der Waals surface area contributed by atoms with Crippen LogP contribution in [0.15, 0.2) is 35.7 Å². The molecule has 5 nitrogen and oxygen atoms in total. The molecular weight excluding hydrogens is 322 g/mol. The van der Waals surface area contributed by atoms with Crippen LogP contribution < -0.4 is 16.1 Å². The third-order valence-electron chi connectivity index (χ3n) is 6.56. The molecule has 5 heteroatoms. The van der Waals surface area contributed by atoms with Crippen molar-refractivity contribution in [2.24, 2.45) is 22.3 Å². The summed E-state index contributed by atoms with van der Waals surface area (Å²) in [6.45, 7) is 10.4. The van der Waals surface area contributed by atoms with Crippen molar-refractivity contribution in [1.82, 2.24) is 4.98 Å². The fourth-order valence-corrected chi connectivity index (χ4v) is 4.40. The number of rotatable bonds is 5. The van der Waals surface area contributed by atoms with E-state index in [0.29, 0.717) is 16.8 Å². The number of allylic oxidation sites excluding steroid dienone is 1. The van der Waals surface area contributed by atoms with Crippen LogP contribution in [-0.4, -0.2) is 23.8 Å². The van der Waals surface area contributed by atoms with Crippen LogP contribution >= 0.6 is 0 Å². The van der Waals surface area contributed by atoms with E-state index in [1.807, 2.05) is 19.2 Å². The molecule has 3 rings (SSSR count). The summed E-state index contributed by atoms with van der Waals surface area (Å²) in [7, 11) is 0. The van der Waals surface area contributed by atoms with Crippen LogP contribution in [0.3, 0.4) is 0 Å². The minimum atomic E-state index is 0.612. The first-order valence-electron chi connectivity index (χ1n) is 9.97. The Morgan fingerprint density at radius 3 is 2.54 bits per heavy atom. The number of piperidine rings is 1. The van der Waals surface area contributed by atoms with E-state index in [0.717, 1.165) is 30.5 Å². The number of nitrogens with two attached hydrogens (primary N) is 1. The molecule has 3 N–H and O–H groups in total. The molecule has 0 unspecified atom stereocenters. The van der Waals surface area contributed by atoms with Crippen LogP contribution in [0.5, 0.6) is 0 Å². The maximum Gasteiger partial charge on any atom is 0.128 e. The normalized spacial score (nSPS) is 21.0. The number of aromatic nitrogens is 1. The first kappa shape index (κ1) is 18.7. The summed E-state index contributed by atoms with van der Waals surface area (Å²) < 4.78 is 0. The highest BCUT2D eigenvalue weighted by Crippen LogP contribution is 2.47. The summed E-state index contributed by atoms with van der Waals surface area (Å²) in [4.78, 5) is 7.08. The van der Waals surface area contributed by atoms with Crippen LogP contribution in [0.2, 0.25) is 0 Å². The topological polar surface area (TPSA) is 66.5 Å². The second-order valence-electron chi connectivity index (χ2n) is 8.06. The van der Waals surface area contributed by atoms with Gasteiger partial charge in [-0.3, -0.25) is 0 Å². The van der Waals surface area contributed by atoms with Crippen molar-refractivity contribution >= 4 is 17.2 Å². The predicted octanol–water partition coefficient (Wildman–Crippen LogP) is 4.53. The van der Waals surface area contributed by atoms with Crippen molar-refractivity contribution in [1.29, 1.82) is 0 Å². The number of hydrogen-bond acceptors (Lipinski definition) is 5. The minimum Gasteiger partial charge on any atom is -0.357 e. The van der Waals surface area contributed by atoms with Gasteiger partial charge in [0.2, 0.25) is 0 Å². The molecule has 1 aromatic heterocycles. The van der Waals surface area contributed by atoms with Crippen LogP contribution in [0.4, 0.5) is 11.5 Å². The zero-order valence-corrected chi connectivity index (χ0v) is 16.3. The lowest BCUT2D eigenvalue weighted by Crippen LogP contribution is -2.42. The number of anilines is 2. The predicted molar refractivity (Wildman–Crippen MR) is 110 cm³/mol. The van der Waals surface area contributed by atoms with Gasteiger partial charge in [0.15, 0.2) is 0 Å². The zero-order valence-electron chi connectivity index (χ0n) is 16.3. The summed E-state index contributed by atoms with van der Waals surface area (Å²) in [5.41, 5.74) is 2.91. The number of nitrogens with zero attached hydrogens (tertiary/aromatic N) is 3. The molecule has 2 fully saturated rings. The number of hydrogen-bond donors (Lipinski definition) is 2. The molecule has 26 heavy (non-hydrogen) atoms. The molecule has 2 aliphatic rings. The van der Waals surface area contributed by atoms with Crippen LogP contribution in [0.1, 0.15) is 58.8 Å². The van der Waals surface area contributed by atoms with E-state index in [-0.39, 0.29) is 0 Å². The Bertz CT molecular complexity index is 631. The SMILES string of the molecule is C=C(Nc1ccc(N2CCC3(CCC(CC)CC3)CC2)nc1)/C(C)=N/N. The van der Waals surface area contributed by atoms with Crippen molar-refractivity contribution in [3.05, 3.63) is 30.6 Å². The monoisotopic (exact) mass is 355 g/mol. The average molecular weight is 356 g/mol. The largest absolute Gasteiger partial charge is 0.357 e. The van der Waals surface area contributed by atoms with Gasteiger partial charge in [0.05, 0.1) is 23.3 Å². The van der Waals surface area contributed by atoms with Crippen LogP contribution in [0.25, 0.3) is 0 Å². The van der Waals surface area contributed by atoms with E-state index in [9.17, 15) is 0 Å². The average Bonchev–Trinajstić information content (AvgIpc) is 2.69. The highest BCUT2D eigenvalue weighted by Gasteiger charge is 2.37. The Morgan fingerprint density at radius 1 is 1.31 bits per heavy atom. The lowest BCUT2D eigenvalue weighted by molar-refractivity contribution is 0.112. The van der Waals surface area contributed by atoms with Gasteiger partial charge in [0.1, 0.15) is 5.82 Å². The van der Waals surface area contributed by atoms with Gasteiger partial charge in [-0.15, -0.1) is 0 Å². The van der Waals surface area contributed by atoms with Crippen LogP contribution in [0, 0.1) is 11.3 Å². The fraction of sp³-hybridized carbons (Fsp3) is 0.619. The molecule has 0 amide bonds. The minimum absolute atomic E-state index is 0.612. The van der Waals surface area contributed by atoms with E-state index >= 15 is 0 Å². The molecule has 1 aromatic rings. The molecule has 0 radical (unpaired) electrons. The third kappa shape index (κ3) is 4.19. The maximum absolute atomic E-state index is 5.29. The Labute approximate surface area is 157 Å². The lowest BCUT2D eigenvalue weighted by Gasteiger charge is -2.46. The first-order valence-corrected chi connectivity index (χ1v) is 9.97. The van der Waals surface area contributed by atoms with Crippen molar-refractivity contribution in [3.8, 4) is 0 Å². The van der Waals surface area contributed by atoms with Gasteiger partial charge in [-0.25, -0.2) is 4.98 Å². The van der Waals surface area contributed by atoms with Gasteiger partial charge in [-0.2, -0.15) is 5.10 Å². The second kappa shape index (κ2) is 8.11. The Morgan fingerprint density at radius 2 is 2.00 bits per heavy atom. The molecule has 1 saturated carbocycles. The Hall–Kier alpha value is -2.04. The first-order chi connectivity index (χ1) is 12.5. The van der Waals surface area contributed by atoms with E-state index in [2.05, 4.69) is 39.9 Å². The summed E-state index contributed by atoms with van der Waals surface area (Å²) in [5.74, 6) is 7.33. The van der Waals surface area contributed by atoms with E-state index < -0.39 is 0 Å². The molecule has 1 aliphatic carbocycles. The molecule has 0 bridgehead atoms.